The maximum atomic E-state index is 13.1. The number of amides is 1. The zero-order valence-corrected chi connectivity index (χ0v) is 15.9. The van der Waals surface area contributed by atoms with Gasteiger partial charge in [0.15, 0.2) is 0 Å². The van der Waals surface area contributed by atoms with Gasteiger partial charge in [0, 0.05) is 36.3 Å². The fraction of sp³-hybridized carbons (Fsp3) is 0.350. The molecule has 8 heteroatoms. The Morgan fingerprint density at radius 2 is 2.14 bits per heavy atom. The van der Waals surface area contributed by atoms with E-state index in [0.29, 0.717) is 30.0 Å². The maximum absolute atomic E-state index is 13.1. The summed E-state index contributed by atoms with van der Waals surface area (Å²) in [4.78, 5) is 31.4. The van der Waals surface area contributed by atoms with E-state index in [9.17, 15) is 9.59 Å². The van der Waals surface area contributed by atoms with Gasteiger partial charge in [0.25, 0.3) is 11.5 Å². The van der Waals surface area contributed by atoms with Gasteiger partial charge in [-0.2, -0.15) is 10.2 Å². The van der Waals surface area contributed by atoms with E-state index in [2.05, 4.69) is 20.3 Å². The third kappa shape index (κ3) is 3.33. The molecule has 0 aromatic carbocycles. The Kier molecular flexibility index (Phi) is 4.77. The van der Waals surface area contributed by atoms with Crippen LogP contribution in [-0.4, -0.2) is 48.4 Å². The lowest BCUT2D eigenvalue weighted by atomic mass is 10.1. The van der Waals surface area contributed by atoms with Gasteiger partial charge in [0.2, 0.25) is 0 Å². The lowest BCUT2D eigenvalue weighted by Crippen LogP contribution is -2.41. The molecule has 3 aromatic heterocycles. The van der Waals surface area contributed by atoms with Crippen molar-refractivity contribution in [3.8, 4) is 11.3 Å². The second-order valence-electron chi connectivity index (χ2n) is 7.08. The number of H-pyrrole nitrogens is 1. The minimum Gasteiger partial charge on any atom is -0.334 e. The molecule has 1 atom stereocenters. The summed E-state index contributed by atoms with van der Waals surface area (Å²) in [5.74, 6) is -0.0392. The zero-order chi connectivity index (χ0) is 19.7. The minimum absolute atomic E-state index is 0.0392. The van der Waals surface area contributed by atoms with Crippen LogP contribution < -0.4 is 5.56 Å². The van der Waals surface area contributed by atoms with Gasteiger partial charge in [0.05, 0.1) is 29.5 Å². The van der Waals surface area contributed by atoms with Crippen molar-refractivity contribution in [2.24, 2.45) is 0 Å². The quantitative estimate of drug-likeness (QED) is 0.748. The first kappa shape index (κ1) is 18.1. The molecule has 0 spiro atoms. The summed E-state index contributed by atoms with van der Waals surface area (Å²) in [6.07, 6.45) is 5.16. The molecule has 0 saturated carbocycles. The number of pyridine rings is 1. The smallest absolute Gasteiger partial charge is 0.266 e. The van der Waals surface area contributed by atoms with Crippen molar-refractivity contribution in [3.63, 3.8) is 0 Å². The summed E-state index contributed by atoms with van der Waals surface area (Å²) < 4.78 is 1.45. The average Bonchev–Trinajstić information content (AvgIpc) is 3.30. The fourth-order valence-corrected chi connectivity index (χ4v) is 3.75. The number of hydrogen-bond donors (Lipinski definition) is 1. The number of aryl methyl sites for hydroxylation is 2. The Labute approximate surface area is 162 Å². The molecule has 0 bridgehead atoms. The van der Waals surface area contributed by atoms with Crippen molar-refractivity contribution < 1.29 is 4.79 Å². The number of hydrogen-bond acceptors (Lipinski definition) is 5. The van der Waals surface area contributed by atoms with Crippen LogP contribution in [0.2, 0.25) is 0 Å². The summed E-state index contributed by atoms with van der Waals surface area (Å²) >= 11 is 0. The van der Waals surface area contributed by atoms with Gasteiger partial charge in [-0.3, -0.25) is 19.7 Å². The van der Waals surface area contributed by atoms with E-state index < -0.39 is 0 Å². The molecule has 1 N–H and O–H groups in total. The highest BCUT2D eigenvalue weighted by Gasteiger charge is 2.32. The van der Waals surface area contributed by atoms with E-state index in [1.54, 1.807) is 18.5 Å². The van der Waals surface area contributed by atoms with Crippen molar-refractivity contribution in [3.05, 3.63) is 64.0 Å². The van der Waals surface area contributed by atoms with Crippen molar-refractivity contribution in [1.82, 2.24) is 29.9 Å². The number of nitrogens with zero attached hydrogens (tertiary/aromatic N) is 5. The van der Waals surface area contributed by atoms with Gasteiger partial charge in [-0.05, 0) is 44.9 Å². The highest BCUT2D eigenvalue weighted by molar-refractivity contribution is 5.96. The largest absolute Gasteiger partial charge is 0.334 e. The Bertz CT molecular complexity index is 1040. The molecule has 3 aromatic rings. The molecule has 1 fully saturated rings. The third-order valence-electron chi connectivity index (χ3n) is 5.19. The highest BCUT2D eigenvalue weighted by atomic mass is 16.2. The predicted octanol–water partition coefficient (Wildman–Crippen LogP) is 1.95. The number of rotatable bonds is 4. The van der Waals surface area contributed by atoms with Crippen LogP contribution in [0.5, 0.6) is 0 Å². The molecule has 4 rings (SSSR count). The number of carbonyl (C=O) groups excluding carboxylic acids is 1. The van der Waals surface area contributed by atoms with Gasteiger partial charge >= 0.3 is 0 Å². The SMILES string of the molecule is Cc1n[nH]c(C)c1C(=O)N1CCCC1Cn1nc(-c2cccnc2)ccc1=O. The molecule has 8 nitrogen and oxygen atoms in total. The first-order valence-electron chi connectivity index (χ1n) is 9.35. The molecule has 1 aliphatic rings. The van der Waals surface area contributed by atoms with Crippen molar-refractivity contribution in [2.75, 3.05) is 6.54 Å². The lowest BCUT2D eigenvalue weighted by Gasteiger charge is -2.25. The molecule has 4 heterocycles. The van der Waals surface area contributed by atoms with Crippen LogP contribution in [0.4, 0.5) is 0 Å². The average molecular weight is 378 g/mol. The zero-order valence-electron chi connectivity index (χ0n) is 15.9. The van der Waals surface area contributed by atoms with E-state index in [4.69, 9.17) is 0 Å². The maximum Gasteiger partial charge on any atom is 0.266 e. The molecular weight excluding hydrogens is 356 g/mol. The molecule has 1 amide bonds. The number of nitrogens with one attached hydrogen (secondary N) is 1. The minimum atomic E-state index is -0.178. The van der Waals surface area contributed by atoms with Gasteiger partial charge in [-0.1, -0.05) is 0 Å². The van der Waals surface area contributed by atoms with E-state index in [0.717, 1.165) is 24.1 Å². The van der Waals surface area contributed by atoms with E-state index in [1.165, 1.54) is 10.7 Å². The van der Waals surface area contributed by atoms with Crippen LogP contribution in [0, 0.1) is 13.8 Å². The number of aromatic nitrogens is 5. The Balaban J connectivity index is 1.60. The molecule has 144 valence electrons. The monoisotopic (exact) mass is 378 g/mol. The predicted molar refractivity (Wildman–Crippen MR) is 104 cm³/mol. The first-order valence-corrected chi connectivity index (χ1v) is 9.35. The van der Waals surface area contributed by atoms with Crippen LogP contribution >= 0.6 is 0 Å². The Morgan fingerprint density at radius 1 is 1.29 bits per heavy atom. The summed E-state index contributed by atoms with van der Waals surface area (Å²) in [6, 6.07) is 6.88. The van der Waals surface area contributed by atoms with E-state index >= 15 is 0 Å². The molecule has 1 aliphatic heterocycles. The van der Waals surface area contributed by atoms with Crippen LogP contribution in [0.15, 0.2) is 41.5 Å². The van der Waals surface area contributed by atoms with Crippen molar-refractivity contribution >= 4 is 5.91 Å². The van der Waals surface area contributed by atoms with Gasteiger partial charge < -0.3 is 4.90 Å². The van der Waals surface area contributed by atoms with Crippen LogP contribution in [0.3, 0.4) is 0 Å². The number of likely N-dealkylation sites (tertiary alicyclic amines) is 1. The Morgan fingerprint density at radius 3 is 2.86 bits per heavy atom. The number of aromatic amines is 1. The standard InChI is InChI=1S/C20H22N6O2/c1-13-19(14(2)23-22-13)20(28)25-10-4-6-16(25)12-26-18(27)8-7-17(24-26)15-5-3-9-21-11-15/h3,5,7-9,11,16H,4,6,10,12H2,1-2H3,(H,22,23). The molecule has 1 saturated heterocycles. The molecule has 0 aliphatic carbocycles. The first-order chi connectivity index (χ1) is 13.5. The summed E-state index contributed by atoms with van der Waals surface area (Å²) in [7, 11) is 0. The van der Waals surface area contributed by atoms with Gasteiger partial charge in [0.1, 0.15) is 0 Å². The molecular formula is C20H22N6O2. The van der Waals surface area contributed by atoms with Gasteiger partial charge in [-0.25, -0.2) is 4.68 Å². The second kappa shape index (κ2) is 7.38. The molecule has 0 radical (unpaired) electrons. The van der Waals surface area contributed by atoms with Gasteiger partial charge in [-0.15, -0.1) is 0 Å². The lowest BCUT2D eigenvalue weighted by molar-refractivity contribution is 0.0719. The summed E-state index contributed by atoms with van der Waals surface area (Å²) in [5, 5.41) is 11.5. The second-order valence-corrected chi connectivity index (χ2v) is 7.08. The fourth-order valence-electron chi connectivity index (χ4n) is 3.75. The van der Waals surface area contributed by atoms with E-state index in [1.807, 2.05) is 30.9 Å². The number of carbonyl (C=O) groups is 1. The van der Waals surface area contributed by atoms with Crippen LogP contribution in [0.1, 0.15) is 34.6 Å². The molecule has 1 unspecified atom stereocenters. The topological polar surface area (TPSA) is 96.8 Å². The van der Waals surface area contributed by atoms with Crippen molar-refractivity contribution in [2.45, 2.75) is 39.3 Å². The van der Waals surface area contributed by atoms with Crippen LogP contribution in [-0.2, 0) is 6.54 Å². The highest BCUT2D eigenvalue weighted by Crippen LogP contribution is 2.23. The third-order valence-corrected chi connectivity index (χ3v) is 5.19. The molecule has 28 heavy (non-hydrogen) atoms. The normalized spacial score (nSPS) is 16.5. The van der Waals surface area contributed by atoms with Crippen molar-refractivity contribution in [1.29, 1.82) is 0 Å². The summed E-state index contributed by atoms with van der Waals surface area (Å²) in [5.41, 5.74) is 3.44. The van der Waals surface area contributed by atoms with E-state index in [-0.39, 0.29) is 17.5 Å². The van der Waals surface area contributed by atoms with Crippen LogP contribution in [0.25, 0.3) is 11.3 Å². The summed E-state index contributed by atoms with van der Waals surface area (Å²) in [6.45, 7) is 4.71. The Hall–Kier alpha value is -3.29.